The number of benzene rings is 2. The molecule has 0 saturated carbocycles. The van der Waals surface area contributed by atoms with E-state index in [1.165, 1.54) is 4.90 Å². The lowest BCUT2D eigenvalue weighted by molar-refractivity contribution is 0.0713. The van der Waals surface area contributed by atoms with Crippen molar-refractivity contribution in [3.05, 3.63) is 82.6 Å². The standard InChI is InChI=1S/C21H18F2N2O3/c1-13-3-2-4-15(9-13)27-12-20-24-18-7-8-25(11-19(18)28-20)21(26)16-6-5-14(22)10-17(16)23/h2-6,9-10H,7-8,11-12H2,1H3. The first-order chi connectivity index (χ1) is 13.5. The van der Waals surface area contributed by atoms with Gasteiger partial charge in [-0.15, -0.1) is 0 Å². The lowest BCUT2D eigenvalue weighted by atomic mass is 10.1. The molecule has 1 aromatic heterocycles. The van der Waals surface area contributed by atoms with Crippen LogP contribution in [0.15, 0.2) is 46.9 Å². The number of aromatic nitrogens is 1. The molecule has 0 fully saturated rings. The normalized spacial score (nSPS) is 13.3. The Morgan fingerprint density at radius 3 is 2.89 bits per heavy atom. The molecule has 0 unspecified atom stereocenters. The molecule has 0 atom stereocenters. The minimum absolute atomic E-state index is 0.160. The maximum atomic E-state index is 13.9. The van der Waals surface area contributed by atoms with Gasteiger partial charge in [-0.1, -0.05) is 12.1 Å². The second-order valence-electron chi connectivity index (χ2n) is 6.68. The van der Waals surface area contributed by atoms with Crippen LogP contribution in [0.5, 0.6) is 5.75 Å². The molecule has 0 aliphatic carbocycles. The highest BCUT2D eigenvalue weighted by Gasteiger charge is 2.27. The quantitative estimate of drug-likeness (QED) is 0.681. The Bertz CT molecular complexity index is 1030. The molecule has 1 amide bonds. The molecule has 2 heterocycles. The van der Waals surface area contributed by atoms with E-state index in [1.54, 1.807) is 0 Å². The van der Waals surface area contributed by atoms with Crippen LogP contribution in [0.3, 0.4) is 0 Å². The van der Waals surface area contributed by atoms with Gasteiger partial charge in [-0.2, -0.15) is 0 Å². The lowest BCUT2D eigenvalue weighted by Gasteiger charge is -2.25. The van der Waals surface area contributed by atoms with E-state index in [1.807, 2.05) is 31.2 Å². The van der Waals surface area contributed by atoms with Crippen LogP contribution in [0.2, 0.25) is 0 Å². The molecule has 0 radical (unpaired) electrons. The molecule has 1 aliphatic rings. The number of fused-ring (bicyclic) bond motifs is 1. The molecule has 1 aliphatic heterocycles. The third-order valence-corrected chi connectivity index (χ3v) is 4.58. The van der Waals surface area contributed by atoms with E-state index in [-0.39, 0.29) is 18.7 Å². The molecule has 7 heteroatoms. The summed E-state index contributed by atoms with van der Waals surface area (Å²) in [6.45, 7) is 2.72. The molecule has 0 N–H and O–H groups in total. The van der Waals surface area contributed by atoms with Gasteiger partial charge in [-0.05, 0) is 36.8 Å². The smallest absolute Gasteiger partial charge is 0.257 e. The molecule has 3 aromatic rings. The number of aryl methyl sites for hydroxylation is 1. The van der Waals surface area contributed by atoms with E-state index < -0.39 is 17.5 Å². The Hall–Kier alpha value is -3.22. The minimum atomic E-state index is -0.874. The van der Waals surface area contributed by atoms with E-state index in [2.05, 4.69) is 4.98 Å². The van der Waals surface area contributed by atoms with Crippen molar-refractivity contribution in [2.24, 2.45) is 0 Å². The van der Waals surface area contributed by atoms with Gasteiger partial charge < -0.3 is 14.1 Å². The number of carbonyl (C=O) groups is 1. The number of ether oxygens (including phenoxy) is 1. The number of hydrogen-bond acceptors (Lipinski definition) is 4. The zero-order chi connectivity index (χ0) is 19.7. The maximum Gasteiger partial charge on any atom is 0.257 e. The van der Waals surface area contributed by atoms with Crippen molar-refractivity contribution in [1.82, 2.24) is 9.88 Å². The van der Waals surface area contributed by atoms with Gasteiger partial charge in [-0.3, -0.25) is 4.79 Å². The number of nitrogens with zero attached hydrogens (tertiary/aromatic N) is 2. The average molecular weight is 384 g/mol. The topological polar surface area (TPSA) is 55.6 Å². The van der Waals surface area contributed by atoms with E-state index >= 15 is 0 Å². The fourth-order valence-electron chi connectivity index (χ4n) is 3.17. The van der Waals surface area contributed by atoms with Crippen molar-refractivity contribution in [3.63, 3.8) is 0 Å². The number of hydrogen-bond donors (Lipinski definition) is 0. The fourth-order valence-corrected chi connectivity index (χ4v) is 3.17. The van der Waals surface area contributed by atoms with Crippen LogP contribution < -0.4 is 4.74 Å². The van der Waals surface area contributed by atoms with Crippen LogP contribution in [-0.4, -0.2) is 22.3 Å². The van der Waals surface area contributed by atoms with Crippen molar-refractivity contribution in [2.75, 3.05) is 6.54 Å². The molecular formula is C21H18F2N2O3. The molecular weight excluding hydrogens is 366 g/mol. The summed E-state index contributed by atoms with van der Waals surface area (Å²) in [6.07, 6.45) is 0.498. The Labute approximate surface area is 160 Å². The summed E-state index contributed by atoms with van der Waals surface area (Å²) in [5.74, 6) is -0.389. The summed E-state index contributed by atoms with van der Waals surface area (Å²) in [5, 5.41) is 0. The van der Waals surface area contributed by atoms with E-state index in [4.69, 9.17) is 9.15 Å². The van der Waals surface area contributed by atoms with Gasteiger partial charge in [0.1, 0.15) is 23.1 Å². The SMILES string of the molecule is Cc1cccc(OCc2nc3c(o2)CN(C(=O)c2ccc(F)cc2F)CC3)c1. The number of carbonyl (C=O) groups excluding carboxylic acids is 1. The number of rotatable bonds is 4. The van der Waals surface area contributed by atoms with Gasteiger partial charge in [0.2, 0.25) is 5.89 Å². The second kappa shape index (κ2) is 7.42. The van der Waals surface area contributed by atoms with Gasteiger partial charge in [-0.25, -0.2) is 13.8 Å². The van der Waals surface area contributed by atoms with Gasteiger partial charge >= 0.3 is 0 Å². The Balaban J connectivity index is 1.45. The zero-order valence-electron chi connectivity index (χ0n) is 15.2. The monoisotopic (exact) mass is 384 g/mol. The van der Waals surface area contributed by atoms with Crippen molar-refractivity contribution in [2.45, 2.75) is 26.5 Å². The first-order valence-electron chi connectivity index (χ1n) is 8.91. The zero-order valence-corrected chi connectivity index (χ0v) is 15.2. The maximum absolute atomic E-state index is 13.9. The van der Waals surface area contributed by atoms with Gasteiger partial charge in [0, 0.05) is 19.0 Å². The first-order valence-corrected chi connectivity index (χ1v) is 8.91. The molecule has 0 bridgehead atoms. The highest BCUT2D eigenvalue weighted by molar-refractivity contribution is 5.94. The molecule has 4 rings (SSSR count). The van der Waals surface area contributed by atoms with Gasteiger partial charge in [0.15, 0.2) is 6.61 Å². The predicted molar refractivity (Wildman–Crippen MR) is 96.8 cm³/mol. The third-order valence-electron chi connectivity index (χ3n) is 4.58. The molecule has 2 aromatic carbocycles. The molecule has 0 saturated heterocycles. The van der Waals surface area contributed by atoms with Crippen LogP contribution >= 0.6 is 0 Å². The van der Waals surface area contributed by atoms with Gasteiger partial charge in [0.05, 0.1) is 17.8 Å². The van der Waals surface area contributed by atoms with E-state index in [0.717, 1.165) is 29.1 Å². The molecule has 144 valence electrons. The number of halogens is 2. The molecule has 28 heavy (non-hydrogen) atoms. The lowest BCUT2D eigenvalue weighted by Crippen LogP contribution is -2.36. The van der Waals surface area contributed by atoms with Crippen molar-refractivity contribution < 1.29 is 22.7 Å². The van der Waals surface area contributed by atoms with Gasteiger partial charge in [0.25, 0.3) is 5.91 Å². The summed E-state index contributed by atoms with van der Waals surface area (Å²) in [7, 11) is 0. The fraction of sp³-hybridized carbons (Fsp3) is 0.238. The summed E-state index contributed by atoms with van der Waals surface area (Å²) >= 11 is 0. The van der Waals surface area contributed by atoms with Crippen molar-refractivity contribution in [1.29, 1.82) is 0 Å². The van der Waals surface area contributed by atoms with Crippen LogP contribution in [-0.2, 0) is 19.6 Å². The summed E-state index contributed by atoms with van der Waals surface area (Å²) in [6, 6.07) is 10.6. The average Bonchev–Trinajstić information content (AvgIpc) is 3.08. The molecule has 5 nitrogen and oxygen atoms in total. The highest BCUT2D eigenvalue weighted by atomic mass is 19.1. The summed E-state index contributed by atoms with van der Waals surface area (Å²) < 4.78 is 38.4. The van der Waals surface area contributed by atoms with Crippen LogP contribution in [0, 0.1) is 18.6 Å². The van der Waals surface area contributed by atoms with E-state index in [9.17, 15) is 13.6 Å². The van der Waals surface area contributed by atoms with Crippen molar-refractivity contribution in [3.8, 4) is 5.75 Å². The number of oxazole rings is 1. The predicted octanol–water partition coefficient (Wildman–Crippen LogP) is 4.04. The van der Waals surface area contributed by atoms with Crippen molar-refractivity contribution >= 4 is 5.91 Å². The Morgan fingerprint density at radius 1 is 1.25 bits per heavy atom. The Morgan fingerprint density at radius 2 is 2.11 bits per heavy atom. The second-order valence-corrected chi connectivity index (χ2v) is 6.68. The van der Waals surface area contributed by atoms with E-state index in [0.29, 0.717) is 30.7 Å². The van der Waals surface area contributed by atoms with Crippen LogP contribution in [0.25, 0.3) is 0 Å². The minimum Gasteiger partial charge on any atom is -0.484 e. The third kappa shape index (κ3) is 3.74. The Kier molecular flexibility index (Phi) is 4.81. The first kappa shape index (κ1) is 18.2. The summed E-state index contributed by atoms with van der Waals surface area (Å²) in [5.41, 5.74) is 1.70. The number of amides is 1. The molecule has 0 spiro atoms. The highest BCUT2D eigenvalue weighted by Crippen LogP contribution is 2.23. The van der Waals surface area contributed by atoms with Crippen LogP contribution in [0.4, 0.5) is 8.78 Å². The van der Waals surface area contributed by atoms with Crippen LogP contribution in [0.1, 0.15) is 33.3 Å². The summed E-state index contributed by atoms with van der Waals surface area (Å²) in [4.78, 5) is 18.5. The largest absolute Gasteiger partial charge is 0.484 e.